The zero-order valence-corrected chi connectivity index (χ0v) is 16.8. The molecule has 1 aromatic carbocycles. The number of carbonyl (C=O) groups is 3. The average Bonchev–Trinajstić information content (AvgIpc) is 3.17. The van der Waals surface area contributed by atoms with Gasteiger partial charge in [-0.25, -0.2) is 9.59 Å². The van der Waals surface area contributed by atoms with Crippen molar-refractivity contribution in [2.75, 3.05) is 26.6 Å². The van der Waals surface area contributed by atoms with Crippen molar-refractivity contribution in [2.24, 2.45) is 0 Å². The number of Topliss-reactive ketones (excluding diaryl/α,β-unsaturated/α-hetero) is 1. The molecule has 0 fully saturated rings. The Morgan fingerprint density at radius 3 is 2.46 bits per heavy atom. The van der Waals surface area contributed by atoms with Crippen LogP contribution in [0.25, 0.3) is 0 Å². The van der Waals surface area contributed by atoms with Gasteiger partial charge in [-0.15, -0.1) is 11.3 Å². The predicted molar refractivity (Wildman–Crippen MR) is 102 cm³/mol. The first-order chi connectivity index (χ1) is 13.3. The number of hydrogen-bond donors (Lipinski definition) is 1. The van der Waals surface area contributed by atoms with Gasteiger partial charge in [-0.1, -0.05) is 0 Å². The molecule has 0 bridgehead atoms. The minimum atomic E-state index is -0.858. The standard InChI is InChI=1S/C19H19NO7S/c1-8-12(18(22)26-5)17(28-15(8)9(2)21)20-16-10-6-7-11(24-3)14(25-4)13(10)19(23)27-16/h6-7,16,20H,1-5H3. The van der Waals surface area contributed by atoms with E-state index in [9.17, 15) is 14.4 Å². The van der Waals surface area contributed by atoms with Gasteiger partial charge in [0.25, 0.3) is 0 Å². The highest BCUT2D eigenvalue weighted by atomic mass is 32.1. The third kappa shape index (κ3) is 3.07. The van der Waals surface area contributed by atoms with Crippen molar-refractivity contribution in [1.29, 1.82) is 0 Å². The van der Waals surface area contributed by atoms with Gasteiger partial charge in [-0.05, 0) is 31.5 Å². The number of rotatable bonds is 6. The van der Waals surface area contributed by atoms with Crippen LogP contribution < -0.4 is 14.8 Å². The molecular weight excluding hydrogens is 386 g/mol. The van der Waals surface area contributed by atoms with Crippen molar-refractivity contribution in [3.63, 3.8) is 0 Å². The Kier molecular flexibility index (Phi) is 5.28. The number of nitrogens with one attached hydrogen (secondary N) is 1. The maximum atomic E-state index is 12.4. The van der Waals surface area contributed by atoms with Crippen LogP contribution in [0.3, 0.4) is 0 Å². The molecule has 8 nitrogen and oxygen atoms in total. The van der Waals surface area contributed by atoms with Gasteiger partial charge in [0.05, 0.1) is 31.8 Å². The molecule has 1 aliphatic rings. The largest absolute Gasteiger partial charge is 0.493 e. The highest BCUT2D eigenvalue weighted by molar-refractivity contribution is 7.18. The lowest BCUT2D eigenvalue weighted by Gasteiger charge is -2.15. The number of ether oxygens (including phenoxy) is 4. The normalized spacial score (nSPS) is 14.9. The summed E-state index contributed by atoms with van der Waals surface area (Å²) in [5.41, 5.74) is 1.54. The zero-order valence-electron chi connectivity index (χ0n) is 16.0. The van der Waals surface area contributed by atoms with E-state index in [1.807, 2.05) is 0 Å². The van der Waals surface area contributed by atoms with Crippen molar-refractivity contribution >= 4 is 34.1 Å². The van der Waals surface area contributed by atoms with E-state index in [0.717, 1.165) is 11.3 Å². The van der Waals surface area contributed by atoms with Crippen LogP contribution >= 0.6 is 11.3 Å². The summed E-state index contributed by atoms with van der Waals surface area (Å²) in [5.74, 6) is -0.659. The first-order valence-electron chi connectivity index (χ1n) is 8.29. The molecule has 2 heterocycles. The summed E-state index contributed by atoms with van der Waals surface area (Å²) in [7, 11) is 4.17. The lowest BCUT2D eigenvalue weighted by molar-refractivity contribution is 0.0435. The minimum absolute atomic E-state index is 0.170. The molecule has 0 saturated heterocycles. The predicted octanol–water partition coefficient (Wildman–Crippen LogP) is 3.34. The molecular formula is C19H19NO7S. The molecule has 0 radical (unpaired) electrons. The SMILES string of the molecule is COC(=O)c1c(NC2OC(=O)c3c2ccc(OC)c3OC)sc(C(C)=O)c1C. The number of methoxy groups -OCH3 is 3. The van der Waals surface area contributed by atoms with E-state index in [-0.39, 0.29) is 22.7 Å². The van der Waals surface area contributed by atoms with Crippen LogP contribution in [-0.4, -0.2) is 39.1 Å². The van der Waals surface area contributed by atoms with Gasteiger partial charge in [-0.3, -0.25) is 4.79 Å². The summed E-state index contributed by atoms with van der Waals surface area (Å²) in [6.07, 6.45) is -0.858. The third-order valence-electron chi connectivity index (χ3n) is 4.41. The monoisotopic (exact) mass is 405 g/mol. The summed E-state index contributed by atoms with van der Waals surface area (Å²) in [6, 6.07) is 3.35. The fraction of sp³-hybridized carbons (Fsp3) is 0.316. The second-order valence-corrected chi connectivity index (χ2v) is 7.02. The first-order valence-corrected chi connectivity index (χ1v) is 9.10. The van der Waals surface area contributed by atoms with Gasteiger partial charge in [-0.2, -0.15) is 0 Å². The molecule has 1 unspecified atom stereocenters. The molecule has 9 heteroatoms. The maximum absolute atomic E-state index is 12.4. The van der Waals surface area contributed by atoms with Crippen molar-refractivity contribution in [2.45, 2.75) is 20.1 Å². The summed E-state index contributed by atoms with van der Waals surface area (Å²) in [6.45, 7) is 3.10. The quantitative estimate of drug-likeness (QED) is 0.577. The minimum Gasteiger partial charge on any atom is -0.493 e. The fourth-order valence-corrected chi connectivity index (χ4v) is 4.23. The van der Waals surface area contributed by atoms with Gasteiger partial charge >= 0.3 is 11.9 Å². The van der Waals surface area contributed by atoms with Gasteiger partial charge in [0.2, 0.25) is 6.23 Å². The summed E-state index contributed by atoms with van der Waals surface area (Å²) in [4.78, 5) is 37.0. The number of hydrogen-bond acceptors (Lipinski definition) is 9. The Bertz CT molecular complexity index is 979. The van der Waals surface area contributed by atoms with Crippen LogP contribution in [0.15, 0.2) is 12.1 Å². The van der Waals surface area contributed by atoms with Crippen LogP contribution in [0.5, 0.6) is 11.5 Å². The zero-order chi connectivity index (χ0) is 20.6. The number of benzene rings is 1. The van der Waals surface area contributed by atoms with E-state index in [4.69, 9.17) is 18.9 Å². The van der Waals surface area contributed by atoms with Crippen LogP contribution in [0.4, 0.5) is 5.00 Å². The fourth-order valence-electron chi connectivity index (χ4n) is 3.13. The van der Waals surface area contributed by atoms with E-state index < -0.39 is 18.2 Å². The van der Waals surface area contributed by atoms with E-state index in [1.54, 1.807) is 19.1 Å². The number of thiophene rings is 1. The lowest BCUT2D eigenvalue weighted by Crippen LogP contribution is -2.13. The summed E-state index contributed by atoms with van der Waals surface area (Å²) < 4.78 is 20.8. The molecule has 1 aromatic heterocycles. The maximum Gasteiger partial charge on any atom is 0.344 e. The molecule has 0 saturated carbocycles. The van der Waals surface area contributed by atoms with Gasteiger partial charge in [0, 0.05) is 5.56 Å². The number of ketones is 1. The smallest absolute Gasteiger partial charge is 0.344 e. The first kappa shape index (κ1) is 19.7. The van der Waals surface area contributed by atoms with Crippen molar-refractivity contribution in [1.82, 2.24) is 0 Å². The third-order valence-corrected chi connectivity index (χ3v) is 5.73. The Labute approximate surface area is 165 Å². The van der Waals surface area contributed by atoms with Gasteiger partial charge in [0.1, 0.15) is 10.6 Å². The van der Waals surface area contributed by atoms with Crippen LogP contribution in [0.1, 0.15) is 54.7 Å². The Hall–Kier alpha value is -3.07. The molecule has 0 spiro atoms. The molecule has 1 aliphatic heterocycles. The number of carbonyl (C=O) groups excluding carboxylic acids is 3. The number of anilines is 1. The Morgan fingerprint density at radius 2 is 1.89 bits per heavy atom. The topological polar surface area (TPSA) is 100 Å². The highest BCUT2D eigenvalue weighted by Gasteiger charge is 2.37. The Balaban J connectivity index is 2.06. The number of fused-ring (bicyclic) bond motifs is 1. The van der Waals surface area contributed by atoms with Crippen LogP contribution in [0.2, 0.25) is 0 Å². The summed E-state index contributed by atoms with van der Waals surface area (Å²) >= 11 is 1.11. The molecule has 0 aliphatic carbocycles. The highest BCUT2D eigenvalue weighted by Crippen LogP contribution is 2.44. The second-order valence-electron chi connectivity index (χ2n) is 6.00. The van der Waals surface area contributed by atoms with E-state index in [2.05, 4.69) is 5.32 Å². The summed E-state index contributed by atoms with van der Waals surface area (Å²) in [5, 5.41) is 3.43. The van der Waals surface area contributed by atoms with Crippen molar-refractivity contribution < 1.29 is 33.3 Å². The van der Waals surface area contributed by atoms with Crippen LogP contribution in [-0.2, 0) is 9.47 Å². The Morgan fingerprint density at radius 1 is 1.18 bits per heavy atom. The lowest BCUT2D eigenvalue weighted by atomic mass is 10.1. The molecule has 1 N–H and O–H groups in total. The second kappa shape index (κ2) is 7.51. The number of cyclic esters (lactones) is 1. The van der Waals surface area contributed by atoms with Crippen LogP contribution in [0, 0.1) is 6.92 Å². The van der Waals surface area contributed by atoms with E-state index in [0.29, 0.717) is 26.8 Å². The van der Waals surface area contributed by atoms with Crippen molar-refractivity contribution in [3.8, 4) is 11.5 Å². The molecule has 28 heavy (non-hydrogen) atoms. The molecule has 2 aromatic rings. The van der Waals surface area contributed by atoms with Gasteiger partial charge in [0.15, 0.2) is 17.3 Å². The van der Waals surface area contributed by atoms with E-state index in [1.165, 1.54) is 28.3 Å². The molecule has 3 rings (SSSR count). The van der Waals surface area contributed by atoms with Gasteiger partial charge < -0.3 is 24.3 Å². The molecule has 0 amide bonds. The van der Waals surface area contributed by atoms with E-state index >= 15 is 0 Å². The molecule has 148 valence electrons. The molecule has 1 atom stereocenters. The number of esters is 2. The average molecular weight is 405 g/mol. The van der Waals surface area contributed by atoms with Crippen molar-refractivity contribution in [3.05, 3.63) is 39.3 Å².